The molecule has 0 saturated heterocycles. The van der Waals surface area contributed by atoms with Crippen molar-refractivity contribution in [1.82, 2.24) is 14.8 Å². The average molecular weight is 381 g/mol. The maximum Gasteiger partial charge on any atom is 0.305 e. The highest BCUT2D eigenvalue weighted by atomic mass is 35.5. The lowest BCUT2D eigenvalue weighted by Gasteiger charge is -2.14. The highest BCUT2D eigenvalue weighted by Crippen LogP contribution is 2.28. The Morgan fingerprint density at radius 1 is 1.11 bits per heavy atom. The standard InChI is InChI=1S/C20H17ClN4O2/c1-2-19(26)27-12-18-24-23-17-11-22-20(13-7-3-5-9-15(13)21)14-8-4-6-10-16(14)25(17)18/h3-10H,2,11-12H2,1H3. The Kier molecular flexibility index (Phi) is 4.73. The number of ether oxygens (including phenoxy) is 1. The summed E-state index contributed by atoms with van der Waals surface area (Å²) in [5.74, 6) is 0.976. The number of rotatable bonds is 4. The summed E-state index contributed by atoms with van der Waals surface area (Å²) >= 11 is 6.42. The first-order valence-corrected chi connectivity index (χ1v) is 9.04. The second-order valence-electron chi connectivity index (χ2n) is 6.04. The predicted octanol–water partition coefficient (Wildman–Crippen LogP) is 3.72. The SMILES string of the molecule is CCC(=O)OCc1nnc2n1-c1ccccc1C(c1ccccc1Cl)=NC2. The molecular weight excluding hydrogens is 364 g/mol. The fourth-order valence-corrected chi connectivity index (χ4v) is 3.29. The molecule has 1 aromatic heterocycles. The van der Waals surface area contributed by atoms with Crippen LogP contribution in [0.3, 0.4) is 0 Å². The van der Waals surface area contributed by atoms with Crippen LogP contribution in [0.5, 0.6) is 0 Å². The van der Waals surface area contributed by atoms with Crippen molar-refractivity contribution in [3.63, 3.8) is 0 Å². The van der Waals surface area contributed by atoms with Gasteiger partial charge >= 0.3 is 5.97 Å². The zero-order valence-electron chi connectivity index (χ0n) is 14.7. The van der Waals surface area contributed by atoms with Crippen LogP contribution >= 0.6 is 11.6 Å². The molecule has 2 heterocycles. The molecule has 0 amide bonds. The van der Waals surface area contributed by atoms with E-state index in [9.17, 15) is 4.79 Å². The molecule has 3 aromatic rings. The molecule has 0 fully saturated rings. The summed E-state index contributed by atoms with van der Waals surface area (Å²) in [6, 6.07) is 15.5. The zero-order chi connectivity index (χ0) is 18.8. The summed E-state index contributed by atoms with van der Waals surface area (Å²) in [6.45, 7) is 2.17. The quantitative estimate of drug-likeness (QED) is 0.647. The van der Waals surface area contributed by atoms with E-state index >= 15 is 0 Å². The van der Waals surface area contributed by atoms with Gasteiger partial charge in [-0.1, -0.05) is 54.9 Å². The van der Waals surface area contributed by atoms with Crippen molar-refractivity contribution in [2.45, 2.75) is 26.5 Å². The van der Waals surface area contributed by atoms with E-state index in [2.05, 4.69) is 10.2 Å². The van der Waals surface area contributed by atoms with Crippen LogP contribution in [0.15, 0.2) is 53.5 Å². The molecule has 136 valence electrons. The van der Waals surface area contributed by atoms with Gasteiger partial charge in [-0.3, -0.25) is 14.4 Å². The van der Waals surface area contributed by atoms with Crippen LogP contribution in [0.25, 0.3) is 5.69 Å². The van der Waals surface area contributed by atoms with Crippen molar-refractivity contribution < 1.29 is 9.53 Å². The minimum Gasteiger partial charge on any atom is -0.457 e. The predicted molar refractivity (Wildman–Crippen MR) is 102 cm³/mol. The molecule has 2 aromatic carbocycles. The van der Waals surface area contributed by atoms with Crippen LogP contribution in [-0.4, -0.2) is 26.4 Å². The van der Waals surface area contributed by atoms with Crippen LogP contribution in [-0.2, 0) is 22.7 Å². The number of nitrogens with zero attached hydrogens (tertiary/aromatic N) is 4. The third-order valence-corrected chi connectivity index (χ3v) is 4.69. The zero-order valence-corrected chi connectivity index (χ0v) is 15.5. The van der Waals surface area contributed by atoms with Crippen molar-refractivity contribution in [3.8, 4) is 5.69 Å². The molecule has 0 spiro atoms. The Morgan fingerprint density at radius 3 is 2.63 bits per heavy atom. The molecule has 7 heteroatoms. The van der Waals surface area contributed by atoms with Gasteiger partial charge in [0.25, 0.3) is 0 Å². The molecule has 6 nitrogen and oxygen atoms in total. The Morgan fingerprint density at radius 2 is 1.85 bits per heavy atom. The molecule has 1 aliphatic rings. The number of para-hydroxylation sites is 1. The Balaban J connectivity index is 1.82. The number of aliphatic imine (C=N–C) groups is 1. The molecule has 0 unspecified atom stereocenters. The summed E-state index contributed by atoms with van der Waals surface area (Å²) in [5.41, 5.74) is 3.48. The molecule has 1 aliphatic heterocycles. The molecule has 0 atom stereocenters. The van der Waals surface area contributed by atoms with E-state index in [1.165, 1.54) is 0 Å². The van der Waals surface area contributed by atoms with E-state index in [-0.39, 0.29) is 12.6 Å². The molecule has 0 radical (unpaired) electrons. The van der Waals surface area contributed by atoms with Crippen molar-refractivity contribution in [2.75, 3.05) is 0 Å². The number of aromatic nitrogens is 3. The largest absolute Gasteiger partial charge is 0.457 e. The number of hydrogen-bond acceptors (Lipinski definition) is 5. The first-order chi connectivity index (χ1) is 13.2. The third kappa shape index (κ3) is 3.24. The van der Waals surface area contributed by atoms with Crippen LogP contribution in [0.4, 0.5) is 0 Å². The van der Waals surface area contributed by atoms with Gasteiger partial charge in [-0.05, 0) is 12.1 Å². The summed E-state index contributed by atoms with van der Waals surface area (Å²) in [4.78, 5) is 16.3. The van der Waals surface area contributed by atoms with Gasteiger partial charge in [-0.25, -0.2) is 0 Å². The van der Waals surface area contributed by atoms with Gasteiger partial charge in [0.1, 0.15) is 6.54 Å². The highest BCUT2D eigenvalue weighted by molar-refractivity contribution is 6.35. The van der Waals surface area contributed by atoms with Crippen LogP contribution in [0.2, 0.25) is 5.02 Å². The molecule has 27 heavy (non-hydrogen) atoms. The van der Waals surface area contributed by atoms with Gasteiger partial charge < -0.3 is 4.74 Å². The number of benzene rings is 2. The number of halogens is 1. The minimum absolute atomic E-state index is 0.0649. The molecule has 0 bridgehead atoms. The topological polar surface area (TPSA) is 69.4 Å². The van der Waals surface area contributed by atoms with E-state index in [0.29, 0.717) is 29.6 Å². The summed E-state index contributed by atoms with van der Waals surface area (Å²) < 4.78 is 7.18. The van der Waals surface area contributed by atoms with E-state index in [4.69, 9.17) is 21.3 Å². The monoisotopic (exact) mass is 380 g/mol. The summed E-state index contributed by atoms with van der Waals surface area (Å²) in [5, 5.41) is 9.09. The molecule has 0 aliphatic carbocycles. The lowest BCUT2D eigenvalue weighted by Crippen LogP contribution is -2.12. The summed E-state index contributed by atoms with van der Waals surface area (Å²) in [7, 11) is 0. The number of esters is 1. The first-order valence-electron chi connectivity index (χ1n) is 8.67. The van der Waals surface area contributed by atoms with Crippen LogP contribution in [0.1, 0.15) is 36.1 Å². The maximum atomic E-state index is 11.5. The van der Waals surface area contributed by atoms with Crippen LogP contribution < -0.4 is 0 Å². The average Bonchev–Trinajstić information content (AvgIpc) is 3.03. The third-order valence-electron chi connectivity index (χ3n) is 4.36. The van der Waals surface area contributed by atoms with Gasteiger partial charge in [0, 0.05) is 22.6 Å². The normalized spacial score (nSPS) is 12.6. The Labute approximate surface area is 161 Å². The van der Waals surface area contributed by atoms with E-state index < -0.39 is 0 Å². The number of carbonyl (C=O) groups is 1. The minimum atomic E-state index is -0.276. The van der Waals surface area contributed by atoms with Crippen molar-refractivity contribution in [2.24, 2.45) is 4.99 Å². The summed E-state index contributed by atoms with van der Waals surface area (Å²) in [6.07, 6.45) is 0.317. The lowest BCUT2D eigenvalue weighted by molar-refractivity contribution is -0.144. The van der Waals surface area contributed by atoms with Crippen molar-refractivity contribution in [3.05, 3.63) is 76.3 Å². The van der Waals surface area contributed by atoms with E-state index in [1.54, 1.807) is 6.92 Å². The molecule has 0 N–H and O–H groups in total. The Bertz CT molecular complexity index is 1040. The van der Waals surface area contributed by atoms with Crippen LogP contribution in [0, 0.1) is 0 Å². The van der Waals surface area contributed by atoms with Gasteiger partial charge in [-0.2, -0.15) is 0 Å². The lowest BCUT2D eigenvalue weighted by atomic mass is 10.0. The van der Waals surface area contributed by atoms with Crippen molar-refractivity contribution >= 4 is 23.3 Å². The highest BCUT2D eigenvalue weighted by Gasteiger charge is 2.23. The second kappa shape index (κ2) is 7.32. The molecular formula is C20H17ClN4O2. The van der Waals surface area contributed by atoms with Gasteiger partial charge in [0.2, 0.25) is 0 Å². The Hall–Kier alpha value is -2.99. The fourth-order valence-electron chi connectivity index (χ4n) is 3.06. The molecule has 4 rings (SSSR count). The number of hydrogen-bond donors (Lipinski definition) is 0. The number of fused-ring (bicyclic) bond motifs is 3. The van der Waals surface area contributed by atoms with E-state index in [0.717, 1.165) is 22.5 Å². The second-order valence-corrected chi connectivity index (χ2v) is 6.45. The van der Waals surface area contributed by atoms with Gasteiger partial charge in [0.05, 0.1) is 11.4 Å². The number of carbonyl (C=O) groups excluding carboxylic acids is 1. The first kappa shape index (κ1) is 17.4. The fraction of sp³-hybridized carbons (Fsp3) is 0.200. The van der Waals surface area contributed by atoms with E-state index in [1.807, 2.05) is 53.1 Å². The maximum absolute atomic E-state index is 11.5. The smallest absolute Gasteiger partial charge is 0.305 e. The molecule has 0 saturated carbocycles. The van der Waals surface area contributed by atoms with Crippen molar-refractivity contribution in [1.29, 1.82) is 0 Å². The van der Waals surface area contributed by atoms with Gasteiger partial charge in [-0.15, -0.1) is 10.2 Å². The van der Waals surface area contributed by atoms with Gasteiger partial charge in [0.15, 0.2) is 18.3 Å².